The molecule has 0 aromatic heterocycles. The molecule has 1 unspecified atom stereocenters. The molecule has 126 valence electrons. The molecular formula is C21H30O2. The van der Waals surface area contributed by atoms with Gasteiger partial charge in [-0.15, -0.1) is 0 Å². The second kappa shape index (κ2) is 5.18. The Morgan fingerprint density at radius 2 is 2.13 bits per heavy atom. The molecule has 1 saturated heterocycles. The molecular weight excluding hydrogens is 284 g/mol. The lowest BCUT2D eigenvalue weighted by Gasteiger charge is -2.47. The van der Waals surface area contributed by atoms with Gasteiger partial charge in [-0.2, -0.15) is 0 Å². The Morgan fingerprint density at radius 1 is 1.22 bits per heavy atom. The molecule has 5 aliphatic rings. The summed E-state index contributed by atoms with van der Waals surface area (Å²) < 4.78 is 6.26. The lowest BCUT2D eigenvalue weighted by atomic mass is 9.55. The van der Waals surface area contributed by atoms with Crippen LogP contribution in [0.15, 0.2) is 11.1 Å². The average Bonchev–Trinajstić information content (AvgIpc) is 3.25. The van der Waals surface area contributed by atoms with Crippen molar-refractivity contribution in [3.8, 4) is 0 Å². The van der Waals surface area contributed by atoms with E-state index >= 15 is 0 Å². The first-order chi connectivity index (χ1) is 11.3. The largest absolute Gasteiger partial charge is 0.377 e. The fourth-order valence-corrected chi connectivity index (χ4v) is 7.54. The van der Waals surface area contributed by atoms with E-state index in [0.717, 1.165) is 30.8 Å². The molecule has 2 heteroatoms. The summed E-state index contributed by atoms with van der Waals surface area (Å²) in [5.74, 6) is 3.39. The van der Waals surface area contributed by atoms with Gasteiger partial charge < -0.3 is 4.74 Å². The Bertz CT molecular complexity index is 562. The molecule has 0 aromatic rings. The summed E-state index contributed by atoms with van der Waals surface area (Å²) in [5, 5.41) is 0. The minimum Gasteiger partial charge on any atom is -0.377 e. The normalized spacial score (nSPS) is 47.2. The zero-order valence-electron chi connectivity index (χ0n) is 14.5. The van der Waals surface area contributed by atoms with E-state index < -0.39 is 0 Å². The second-order valence-electron chi connectivity index (χ2n) is 8.82. The zero-order chi connectivity index (χ0) is 15.6. The molecule has 0 N–H and O–H groups in total. The van der Waals surface area contributed by atoms with Gasteiger partial charge in [-0.25, -0.2) is 0 Å². The zero-order valence-corrected chi connectivity index (χ0v) is 14.5. The van der Waals surface area contributed by atoms with Gasteiger partial charge in [0.1, 0.15) is 0 Å². The van der Waals surface area contributed by atoms with Crippen LogP contribution >= 0.6 is 0 Å². The molecule has 1 heterocycles. The second-order valence-corrected chi connectivity index (χ2v) is 8.82. The number of hydrogen-bond acceptors (Lipinski definition) is 2. The monoisotopic (exact) mass is 314 g/mol. The van der Waals surface area contributed by atoms with Crippen LogP contribution in [0.1, 0.15) is 71.1 Å². The Morgan fingerprint density at radius 3 is 3.00 bits per heavy atom. The molecule has 1 aliphatic heterocycles. The Labute approximate surface area is 140 Å². The van der Waals surface area contributed by atoms with Crippen LogP contribution in [0, 0.1) is 29.1 Å². The summed E-state index contributed by atoms with van der Waals surface area (Å²) in [6.07, 6.45) is 13.1. The van der Waals surface area contributed by atoms with Crippen LogP contribution in [0.3, 0.4) is 0 Å². The predicted octanol–water partition coefficient (Wildman–Crippen LogP) is 4.68. The van der Waals surface area contributed by atoms with Gasteiger partial charge in [0, 0.05) is 23.3 Å². The number of ether oxygens (including phenoxy) is 1. The van der Waals surface area contributed by atoms with Crippen LogP contribution in [0.25, 0.3) is 0 Å². The van der Waals surface area contributed by atoms with Gasteiger partial charge in [-0.05, 0) is 56.3 Å². The fraction of sp³-hybridized carbons (Fsp3) is 0.857. The fourth-order valence-electron chi connectivity index (χ4n) is 7.54. The lowest BCUT2D eigenvalue weighted by Crippen LogP contribution is -2.45. The topological polar surface area (TPSA) is 26.3 Å². The van der Waals surface area contributed by atoms with Gasteiger partial charge in [0.15, 0.2) is 5.78 Å². The molecule has 3 saturated carbocycles. The van der Waals surface area contributed by atoms with Gasteiger partial charge in [0.25, 0.3) is 0 Å². The van der Waals surface area contributed by atoms with E-state index in [1.165, 1.54) is 63.4 Å². The molecule has 1 spiro atoms. The highest BCUT2D eigenvalue weighted by molar-refractivity contribution is 6.01. The van der Waals surface area contributed by atoms with Crippen molar-refractivity contribution in [3.05, 3.63) is 11.1 Å². The van der Waals surface area contributed by atoms with Crippen molar-refractivity contribution in [2.45, 2.75) is 77.2 Å². The first kappa shape index (κ1) is 14.7. The van der Waals surface area contributed by atoms with Gasteiger partial charge in [-0.3, -0.25) is 4.79 Å². The lowest BCUT2D eigenvalue weighted by molar-refractivity contribution is -0.115. The maximum absolute atomic E-state index is 12.9. The predicted molar refractivity (Wildman–Crippen MR) is 90.0 cm³/mol. The summed E-state index contributed by atoms with van der Waals surface area (Å²) in [5.41, 5.74) is 3.12. The van der Waals surface area contributed by atoms with Crippen LogP contribution in [0.2, 0.25) is 0 Å². The summed E-state index contributed by atoms with van der Waals surface area (Å²) >= 11 is 0. The van der Waals surface area contributed by atoms with Crippen molar-refractivity contribution < 1.29 is 9.53 Å². The first-order valence-corrected chi connectivity index (χ1v) is 10.2. The van der Waals surface area contributed by atoms with E-state index in [9.17, 15) is 4.79 Å². The average molecular weight is 314 g/mol. The number of fused-ring (bicyclic) bond motifs is 1. The van der Waals surface area contributed by atoms with E-state index in [1.54, 1.807) is 5.57 Å². The Balaban J connectivity index is 1.61. The molecule has 0 aromatic carbocycles. The highest BCUT2D eigenvalue weighted by Crippen LogP contribution is 2.71. The van der Waals surface area contributed by atoms with Crippen molar-refractivity contribution in [3.63, 3.8) is 0 Å². The molecule has 0 radical (unpaired) electrons. The smallest absolute Gasteiger partial charge is 0.159 e. The first-order valence-electron chi connectivity index (χ1n) is 10.2. The molecule has 4 aliphatic carbocycles. The Kier molecular flexibility index (Phi) is 3.31. The number of rotatable bonds is 4. The third-order valence-corrected chi connectivity index (χ3v) is 8.11. The number of hydrogen-bond donors (Lipinski definition) is 0. The number of unbranched alkanes of at least 4 members (excludes halogenated alkanes) is 2. The number of carbonyl (C=O) groups excluding carboxylic acids is 1. The number of carbonyl (C=O) groups is 1. The van der Waals surface area contributed by atoms with Crippen molar-refractivity contribution >= 4 is 5.78 Å². The van der Waals surface area contributed by atoms with Crippen LogP contribution in [0.5, 0.6) is 0 Å². The number of allylic oxidation sites excluding steroid dienone is 1. The quantitative estimate of drug-likeness (QED) is 0.704. The van der Waals surface area contributed by atoms with Gasteiger partial charge in [-0.1, -0.05) is 31.8 Å². The van der Waals surface area contributed by atoms with Crippen molar-refractivity contribution in [1.29, 1.82) is 0 Å². The van der Waals surface area contributed by atoms with Crippen LogP contribution < -0.4 is 0 Å². The maximum Gasteiger partial charge on any atom is 0.159 e. The highest BCUT2D eigenvalue weighted by Gasteiger charge is 2.70. The summed E-state index contributed by atoms with van der Waals surface area (Å²) in [6.45, 7) is 3.16. The standard InChI is InChI=1S/C21H30O2/c1-2-3-4-6-15-14-7-5-8-16(14)20-18(22)11-13-12-23-19-10-9-17(15)21(13,19)20/h13-15,17,19H,2-12H2,1H3/t13-,14-,15-,17-,19+,21?/m0/s1. The summed E-state index contributed by atoms with van der Waals surface area (Å²) in [6, 6.07) is 0. The molecule has 2 nitrogen and oxygen atoms in total. The van der Waals surface area contributed by atoms with Crippen molar-refractivity contribution in [2.75, 3.05) is 6.61 Å². The van der Waals surface area contributed by atoms with E-state index in [1.807, 2.05) is 0 Å². The SMILES string of the molecule is CCCCC[C@H]1[C@@H]2CCCC2=C2C(=O)C[C@H]3CO[C@@H]4CC[C@@H]1C234. The maximum atomic E-state index is 12.9. The third kappa shape index (κ3) is 1.72. The van der Waals surface area contributed by atoms with Crippen LogP contribution in [-0.4, -0.2) is 18.5 Å². The van der Waals surface area contributed by atoms with Crippen LogP contribution in [0.4, 0.5) is 0 Å². The molecule has 23 heavy (non-hydrogen) atoms. The van der Waals surface area contributed by atoms with E-state index in [0.29, 0.717) is 17.8 Å². The van der Waals surface area contributed by atoms with E-state index in [4.69, 9.17) is 4.74 Å². The summed E-state index contributed by atoms with van der Waals surface area (Å²) in [7, 11) is 0. The molecule has 5 rings (SSSR count). The molecule has 0 amide bonds. The van der Waals surface area contributed by atoms with Crippen LogP contribution in [-0.2, 0) is 9.53 Å². The van der Waals surface area contributed by atoms with Gasteiger partial charge in [0.05, 0.1) is 12.7 Å². The third-order valence-electron chi connectivity index (χ3n) is 8.11. The molecule has 6 atom stereocenters. The van der Waals surface area contributed by atoms with Gasteiger partial charge in [0.2, 0.25) is 0 Å². The van der Waals surface area contributed by atoms with Crippen molar-refractivity contribution in [1.82, 2.24) is 0 Å². The summed E-state index contributed by atoms with van der Waals surface area (Å²) in [4.78, 5) is 12.9. The van der Waals surface area contributed by atoms with E-state index in [2.05, 4.69) is 6.92 Å². The Hall–Kier alpha value is -0.630. The molecule has 0 bridgehead atoms. The minimum absolute atomic E-state index is 0.171. The number of ketones is 1. The van der Waals surface area contributed by atoms with Crippen molar-refractivity contribution in [2.24, 2.45) is 29.1 Å². The van der Waals surface area contributed by atoms with E-state index in [-0.39, 0.29) is 5.41 Å². The molecule has 4 fully saturated rings. The minimum atomic E-state index is 0.171. The number of Topliss-reactive ketones (excluding diaryl/α,β-unsaturated/α-hetero) is 1. The van der Waals surface area contributed by atoms with Gasteiger partial charge >= 0.3 is 0 Å². The highest BCUT2D eigenvalue weighted by atomic mass is 16.5.